The van der Waals surface area contributed by atoms with Crippen LogP contribution in [0, 0.1) is 6.92 Å². The fourth-order valence-electron chi connectivity index (χ4n) is 8.51. The summed E-state index contributed by atoms with van der Waals surface area (Å²) < 4.78 is 13.3. The molecule has 2 aliphatic rings. The van der Waals surface area contributed by atoms with Crippen LogP contribution in [0.3, 0.4) is 0 Å². The lowest BCUT2D eigenvalue weighted by Gasteiger charge is -2.34. The third-order valence-corrected chi connectivity index (χ3v) is 11.3. The summed E-state index contributed by atoms with van der Waals surface area (Å²) in [6.45, 7) is 2.19. The molecule has 0 radical (unpaired) electrons. The largest absolute Gasteiger partial charge is 0.453 e. The van der Waals surface area contributed by atoms with Crippen molar-refractivity contribution in [3.63, 3.8) is 0 Å². The van der Waals surface area contributed by atoms with Crippen molar-refractivity contribution < 1.29 is 9.47 Å². The number of rotatable bonds is 7. The summed E-state index contributed by atoms with van der Waals surface area (Å²) in [6, 6.07) is 76.5. The van der Waals surface area contributed by atoms with E-state index in [9.17, 15) is 0 Å². The molecule has 5 nitrogen and oxygen atoms in total. The molecule has 11 rings (SSSR count). The minimum absolute atomic E-state index is 0.787. The second-order valence-corrected chi connectivity index (χ2v) is 15.1. The highest BCUT2D eigenvalue weighted by Crippen LogP contribution is 2.53. The zero-order valence-electron chi connectivity index (χ0n) is 32.9. The Balaban J connectivity index is 0.998. The van der Waals surface area contributed by atoms with Gasteiger partial charge in [0.05, 0.1) is 22.7 Å². The van der Waals surface area contributed by atoms with Crippen LogP contribution in [-0.2, 0) is 0 Å². The van der Waals surface area contributed by atoms with Gasteiger partial charge in [-0.15, -0.1) is 0 Å². The number of para-hydroxylation sites is 6. The van der Waals surface area contributed by atoms with E-state index in [1.165, 1.54) is 5.56 Å². The molecule has 0 fully saturated rings. The zero-order valence-corrected chi connectivity index (χ0v) is 32.9. The summed E-state index contributed by atoms with van der Waals surface area (Å²) in [5.41, 5.74) is 15.0. The molecule has 0 unspecified atom stereocenters. The molecule has 0 saturated heterocycles. The van der Waals surface area contributed by atoms with Crippen LogP contribution < -0.4 is 24.2 Å². The maximum atomic E-state index is 6.69. The summed E-state index contributed by atoms with van der Waals surface area (Å²) in [6.07, 6.45) is 0. The Kier molecular flexibility index (Phi) is 8.63. The van der Waals surface area contributed by atoms with Crippen LogP contribution in [0.5, 0.6) is 23.0 Å². The highest BCUT2D eigenvalue weighted by molar-refractivity contribution is 5.91. The van der Waals surface area contributed by atoms with Crippen molar-refractivity contribution in [2.45, 2.75) is 6.92 Å². The molecular weight excluding hydrogens is 735 g/mol. The van der Waals surface area contributed by atoms with Crippen molar-refractivity contribution in [2.75, 3.05) is 14.7 Å². The van der Waals surface area contributed by atoms with Crippen molar-refractivity contribution >= 4 is 51.2 Å². The molecule has 0 amide bonds. The Labute approximate surface area is 350 Å². The minimum Gasteiger partial charge on any atom is -0.453 e. The lowest BCUT2D eigenvalue weighted by Crippen LogP contribution is -2.17. The van der Waals surface area contributed by atoms with E-state index in [4.69, 9.17) is 9.47 Å². The van der Waals surface area contributed by atoms with Crippen LogP contribution in [0.4, 0.5) is 51.2 Å². The number of fused-ring (bicyclic) bond motifs is 4. The second kappa shape index (κ2) is 14.7. The number of nitrogens with zero attached hydrogens (tertiary/aromatic N) is 3. The van der Waals surface area contributed by atoms with Gasteiger partial charge in [0.2, 0.25) is 0 Å². The SMILES string of the molecule is Cc1cc(N(c2ccc(-c3ccccc3)cc2)c2ccc3c(c2)Oc2ccccc2N3c2ccccc2)ccc1-c1ccc2c(c1)Oc1ccccc1N2c1ccccc1. The van der Waals surface area contributed by atoms with E-state index < -0.39 is 0 Å². The predicted octanol–water partition coefficient (Wildman–Crippen LogP) is 15.9. The van der Waals surface area contributed by atoms with Crippen LogP contribution in [0.1, 0.15) is 5.56 Å². The Morgan fingerprint density at radius 1 is 0.333 bits per heavy atom. The number of hydrogen-bond acceptors (Lipinski definition) is 5. The molecule has 0 aromatic heterocycles. The number of ether oxygens (including phenoxy) is 2. The van der Waals surface area contributed by atoms with Crippen molar-refractivity contribution in [1.82, 2.24) is 0 Å². The van der Waals surface area contributed by atoms with E-state index in [2.05, 4.69) is 204 Å². The van der Waals surface area contributed by atoms with E-state index in [-0.39, 0.29) is 0 Å². The van der Waals surface area contributed by atoms with Gasteiger partial charge in [0, 0.05) is 34.5 Å². The van der Waals surface area contributed by atoms with Crippen LogP contribution in [0.15, 0.2) is 218 Å². The first-order valence-corrected chi connectivity index (χ1v) is 20.3. The summed E-state index contributed by atoms with van der Waals surface area (Å²) >= 11 is 0. The summed E-state index contributed by atoms with van der Waals surface area (Å²) in [4.78, 5) is 6.86. The standard InChI is InChI=1S/C55H39N3O2/c1-38-35-45(30-32-47(38)41-27-33-50-54(36-41)59-52-23-13-11-21-48(52)57(50)42-17-7-3-8-18-42)56(44-28-25-40(26-29-44)39-15-5-2-6-16-39)46-31-34-51-55(37-46)60-53-24-14-12-22-49(53)58(51)43-19-9-4-10-20-43/h2-37H,1H3. The van der Waals surface area contributed by atoms with E-state index >= 15 is 0 Å². The predicted molar refractivity (Wildman–Crippen MR) is 246 cm³/mol. The first kappa shape index (κ1) is 35.2. The summed E-state index contributed by atoms with van der Waals surface area (Å²) in [5.74, 6) is 3.25. The van der Waals surface area contributed by atoms with E-state index in [0.717, 1.165) is 96.4 Å². The minimum atomic E-state index is 0.787. The Bertz CT molecular complexity index is 3010. The molecule has 286 valence electrons. The highest BCUT2D eigenvalue weighted by Gasteiger charge is 2.28. The van der Waals surface area contributed by atoms with Gasteiger partial charge in [-0.3, -0.25) is 0 Å². The van der Waals surface area contributed by atoms with Gasteiger partial charge in [-0.05, 0) is 132 Å². The first-order chi connectivity index (χ1) is 29.7. The van der Waals surface area contributed by atoms with Gasteiger partial charge < -0.3 is 24.2 Å². The normalized spacial score (nSPS) is 12.3. The lowest BCUT2D eigenvalue weighted by molar-refractivity contribution is 0.477. The lowest BCUT2D eigenvalue weighted by atomic mass is 9.97. The molecule has 0 N–H and O–H groups in total. The molecule has 0 bridgehead atoms. The quantitative estimate of drug-likeness (QED) is 0.161. The Hall–Kier alpha value is -8.02. The molecule has 0 atom stereocenters. The van der Waals surface area contributed by atoms with Gasteiger partial charge >= 0.3 is 0 Å². The average Bonchev–Trinajstić information content (AvgIpc) is 3.31. The third-order valence-electron chi connectivity index (χ3n) is 11.3. The van der Waals surface area contributed by atoms with E-state index in [1.54, 1.807) is 0 Å². The van der Waals surface area contributed by atoms with Crippen LogP contribution >= 0.6 is 0 Å². The molecule has 0 spiro atoms. The smallest absolute Gasteiger partial charge is 0.153 e. The molecule has 9 aromatic carbocycles. The third kappa shape index (κ3) is 6.21. The molecule has 9 aromatic rings. The van der Waals surface area contributed by atoms with Crippen molar-refractivity contribution in [2.24, 2.45) is 0 Å². The average molecular weight is 774 g/mol. The van der Waals surface area contributed by atoms with Crippen LogP contribution in [-0.4, -0.2) is 0 Å². The van der Waals surface area contributed by atoms with Crippen molar-refractivity contribution in [3.05, 3.63) is 224 Å². The number of anilines is 9. The maximum Gasteiger partial charge on any atom is 0.153 e. The fourth-order valence-corrected chi connectivity index (χ4v) is 8.51. The summed E-state index contributed by atoms with van der Waals surface area (Å²) in [7, 11) is 0. The van der Waals surface area contributed by atoms with Gasteiger partial charge in [0.25, 0.3) is 0 Å². The number of aryl methyl sites for hydroxylation is 1. The van der Waals surface area contributed by atoms with Crippen LogP contribution in [0.25, 0.3) is 22.3 Å². The molecule has 2 heterocycles. The van der Waals surface area contributed by atoms with Crippen molar-refractivity contribution in [3.8, 4) is 45.3 Å². The molecule has 2 aliphatic heterocycles. The number of benzene rings is 9. The molecule has 5 heteroatoms. The molecule has 0 saturated carbocycles. The zero-order chi connectivity index (χ0) is 40.0. The molecular formula is C55H39N3O2. The maximum absolute atomic E-state index is 6.69. The highest BCUT2D eigenvalue weighted by atomic mass is 16.5. The Morgan fingerprint density at radius 2 is 0.767 bits per heavy atom. The van der Waals surface area contributed by atoms with Gasteiger partial charge in [-0.1, -0.05) is 115 Å². The fraction of sp³-hybridized carbons (Fsp3) is 0.0182. The van der Waals surface area contributed by atoms with Gasteiger partial charge in [-0.2, -0.15) is 0 Å². The van der Waals surface area contributed by atoms with Gasteiger partial charge in [0.1, 0.15) is 0 Å². The van der Waals surface area contributed by atoms with Gasteiger partial charge in [0.15, 0.2) is 23.0 Å². The first-order valence-electron chi connectivity index (χ1n) is 20.3. The van der Waals surface area contributed by atoms with Crippen LogP contribution in [0.2, 0.25) is 0 Å². The van der Waals surface area contributed by atoms with E-state index in [1.807, 2.05) is 36.4 Å². The van der Waals surface area contributed by atoms with E-state index in [0.29, 0.717) is 0 Å². The monoisotopic (exact) mass is 773 g/mol. The molecule has 0 aliphatic carbocycles. The number of hydrogen-bond donors (Lipinski definition) is 0. The summed E-state index contributed by atoms with van der Waals surface area (Å²) in [5, 5.41) is 0. The van der Waals surface area contributed by atoms with Crippen molar-refractivity contribution in [1.29, 1.82) is 0 Å². The second-order valence-electron chi connectivity index (χ2n) is 15.1. The molecule has 60 heavy (non-hydrogen) atoms. The Morgan fingerprint density at radius 3 is 1.37 bits per heavy atom. The van der Waals surface area contributed by atoms with Gasteiger partial charge in [-0.25, -0.2) is 0 Å². The topological polar surface area (TPSA) is 28.2 Å².